The highest BCUT2D eigenvalue weighted by atomic mass is 16.1. The molecule has 2 fully saturated rings. The minimum Gasteiger partial charge on any atom is -0.366 e. The van der Waals surface area contributed by atoms with E-state index in [1.54, 1.807) is 10.7 Å². The van der Waals surface area contributed by atoms with Crippen molar-refractivity contribution in [2.75, 3.05) is 5.32 Å². The minimum absolute atomic E-state index is 0.0280. The van der Waals surface area contributed by atoms with E-state index in [0.717, 1.165) is 42.9 Å². The summed E-state index contributed by atoms with van der Waals surface area (Å²) in [5, 5.41) is 16.3. The summed E-state index contributed by atoms with van der Waals surface area (Å²) in [4.78, 5) is 12.2. The van der Waals surface area contributed by atoms with E-state index in [1.165, 1.54) is 12.8 Å². The lowest BCUT2D eigenvalue weighted by Crippen LogP contribution is -2.33. The Kier molecular flexibility index (Phi) is 4.04. The van der Waals surface area contributed by atoms with Crippen molar-refractivity contribution in [1.82, 2.24) is 20.0 Å². The van der Waals surface area contributed by atoms with Crippen molar-refractivity contribution in [3.63, 3.8) is 0 Å². The first-order valence-corrected chi connectivity index (χ1v) is 8.85. The summed E-state index contributed by atoms with van der Waals surface area (Å²) in [6, 6.07) is 8.14. The van der Waals surface area contributed by atoms with Gasteiger partial charge in [-0.3, -0.25) is 4.79 Å². The predicted molar refractivity (Wildman–Crippen MR) is 92.2 cm³/mol. The highest BCUT2D eigenvalue weighted by molar-refractivity contribution is 5.34. The molecular weight excluding hydrogens is 302 g/mol. The van der Waals surface area contributed by atoms with Crippen LogP contribution in [0.4, 0.5) is 5.82 Å². The maximum absolute atomic E-state index is 12.2. The highest BCUT2D eigenvalue weighted by Crippen LogP contribution is 2.38. The van der Waals surface area contributed by atoms with Gasteiger partial charge >= 0.3 is 0 Å². The first kappa shape index (κ1) is 15.3. The minimum atomic E-state index is 0.0280. The third-order valence-electron chi connectivity index (χ3n) is 5.03. The molecule has 0 radical (unpaired) electrons. The van der Waals surface area contributed by atoms with Gasteiger partial charge in [0.15, 0.2) is 0 Å². The maximum Gasteiger partial charge on any atom is 0.267 e. The third-order valence-corrected chi connectivity index (χ3v) is 5.03. The van der Waals surface area contributed by atoms with Crippen LogP contribution in [0.15, 0.2) is 29.1 Å². The molecule has 24 heavy (non-hydrogen) atoms. The molecule has 1 N–H and O–H groups in total. The Morgan fingerprint density at radius 2 is 1.79 bits per heavy atom. The van der Waals surface area contributed by atoms with E-state index in [9.17, 15) is 4.79 Å². The molecule has 2 aliphatic rings. The molecule has 2 aromatic heterocycles. The molecule has 0 atom stereocenters. The highest BCUT2D eigenvalue weighted by Gasteiger charge is 2.28. The average Bonchev–Trinajstić information content (AvgIpc) is 3.43. The van der Waals surface area contributed by atoms with Gasteiger partial charge in [0.2, 0.25) is 0 Å². The van der Waals surface area contributed by atoms with Crippen LogP contribution in [0.25, 0.3) is 0 Å². The number of hydrogen-bond donors (Lipinski definition) is 1. The first-order chi connectivity index (χ1) is 11.7. The molecule has 0 amide bonds. The predicted octanol–water partition coefficient (Wildman–Crippen LogP) is 2.81. The number of nitrogens with one attached hydrogen (secondary N) is 1. The van der Waals surface area contributed by atoms with Crippen LogP contribution in [0.3, 0.4) is 0 Å². The van der Waals surface area contributed by atoms with Crippen LogP contribution in [-0.2, 0) is 0 Å². The molecule has 2 aromatic rings. The summed E-state index contributed by atoms with van der Waals surface area (Å²) < 4.78 is 1.73. The Bertz CT molecular complexity index is 758. The van der Waals surface area contributed by atoms with Gasteiger partial charge in [-0.05, 0) is 63.6 Å². The molecule has 2 aliphatic carbocycles. The number of hydrogen-bond acceptors (Lipinski definition) is 5. The van der Waals surface area contributed by atoms with E-state index >= 15 is 0 Å². The zero-order valence-corrected chi connectivity index (χ0v) is 14.0. The van der Waals surface area contributed by atoms with Crippen molar-refractivity contribution >= 4 is 5.82 Å². The quantitative estimate of drug-likeness (QED) is 0.936. The summed E-state index contributed by atoms with van der Waals surface area (Å²) in [6.07, 6.45) is 6.39. The summed E-state index contributed by atoms with van der Waals surface area (Å²) in [6.45, 7) is 1.93. The smallest absolute Gasteiger partial charge is 0.267 e. The zero-order chi connectivity index (χ0) is 16.5. The molecule has 2 heterocycles. The second-order valence-electron chi connectivity index (χ2n) is 7.03. The van der Waals surface area contributed by atoms with Gasteiger partial charge < -0.3 is 5.32 Å². The van der Waals surface area contributed by atoms with E-state index < -0.39 is 0 Å². The fourth-order valence-corrected chi connectivity index (χ4v) is 3.45. The third kappa shape index (κ3) is 3.32. The Hall–Kier alpha value is -2.24. The molecule has 0 bridgehead atoms. The van der Waals surface area contributed by atoms with Crippen molar-refractivity contribution in [1.29, 1.82) is 0 Å². The fraction of sp³-hybridized carbons (Fsp3) is 0.556. The van der Waals surface area contributed by atoms with Crippen LogP contribution in [0, 0.1) is 6.92 Å². The standard InChI is InChI=1S/C18H23N5O/c1-12-2-10-17(21-20-12)19-14-5-7-15(8-6-14)23-18(24)11-9-16(22-23)13-3-4-13/h2,9-11,13-15H,3-8H2,1H3,(H,19,21). The Morgan fingerprint density at radius 1 is 1.00 bits per heavy atom. The van der Waals surface area contributed by atoms with E-state index in [1.807, 2.05) is 25.1 Å². The lowest BCUT2D eigenvalue weighted by molar-refractivity contribution is 0.301. The zero-order valence-electron chi connectivity index (χ0n) is 14.0. The normalized spacial score (nSPS) is 23.9. The molecule has 0 spiro atoms. The maximum atomic E-state index is 12.2. The van der Waals surface area contributed by atoms with Gasteiger partial charge in [-0.1, -0.05) is 0 Å². The number of anilines is 1. The summed E-state index contributed by atoms with van der Waals surface area (Å²) in [7, 11) is 0. The van der Waals surface area contributed by atoms with Crippen molar-refractivity contribution < 1.29 is 0 Å². The molecule has 0 unspecified atom stereocenters. The van der Waals surface area contributed by atoms with Gasteiger partial charge in [0.1, 0.15) is 5.82 Å². The molecule has 0 saturated heterocycles. The van der Waals surface area contributed by atoms with Crippen LogP contribution >= 0.6 is 0 Å². The Labute approximate surface area is 141 Å². The van der Waals surface area contributed by atoms with Gasteiger partial charge in [-0.25, -0.2) is 4.68 Å². The van der Waals surface area contributed by atoms with Crippen LogP contribution < -0.4 is 10.9 Å². The average molecular weight is 325 g/mol. The van der Waals surface area contributed by atoms with Crippen molar-refractivity contribution in [3.05, 3.63) is 46.0 Å². The molecule has 0 aliphatic heterocycles. The molecule has 2 saturated carbocycles. The number of aromatic nitrogens is 4. The van der Waals surface area contributed by atoms with Crippen molar-refractivity contribution in [3.8, 4) is 0 Å². The van der Waals surface area contributed by atoms with Crippen LogP contribution in [0.2, 0.25) is 0 Å². The summed E-state index contributed by atoms with van der Waals surface area (Å²) >= 11 is 0. The van der Waals surface area contributed by atoms with Gasteiger partial charge in [0, 0.05) is 18.0 Å². The number of rotatable bonds is 4. The first-order valence-electron chi connectivity index (χ1n) is 8.85. The largest absolute Gasteiger partial charge is 0.366 e. The van der Waals surface area contributed by atoms with Crippen LogP contribution in [-0.4, -0.2) is 26.0 Å². The van der Waals surface area contributed by atoms with Crippen LogP contribution in [0.5, 0.6) is 0 Å². The monoisotopic (exact) mass is 325 g/mol. The molecular formula is C18H23N5O. The lowest BCUT2D eigenvalue weighted by Gasteiger charge is -2.29. The summed E-state index contributed by atoms with van der Waals surface area (Å²) in [5.41, 5.74) is 2.04. The van der Waals surface area contributed by atoms with E-state index in [-0.39, 0.29) is 11.6 Å². The molecule has 126 valence electrons. The summed E-state index contributed by atoms with van der Waals surface area (Å²) in [5.74, 6) is 1.41. The second kappa shape index (κ2) is 6.34. The van der Waals surface area contributed by atoms with Crippen LogP contribution in [0.1, 0.15) is 61.9 Å². The van der Waals surface area contributed by atoms with E-state index in [0.29, 0.717) is 12.0 Å². The topological polar surface area (TPSA) is 72.7 Å². The fourth-order valence-electron chi connectivity index (χ4n) is 3.45. The molecule has 0 aromatic carbocycles. The Balaban J connectivity index is 1.40. The van der Waals surface area contributed by atoms with Crippen molar-refractivity contribution in [2.45, 2.75) is 63.5 Å². The molecule has 6 heteroatoms. The van der Waals surface area contributed by atoms with Gasteiger partial charge in [0.25, 0.3) is 5.56 Å². The van der Waals surface area contributed by atoms with Gasteiger partial charge in [-0.15, -0.1) is 5.10 Å². The Morgan fingerprint density at radius 3 is 2.46 bits per heavy atom. The van der Waals surface area contributed by atoms with E-state index in [4.69, 9.17) is 0 Å². The molecule has 4 rings (SSSR count). The SMILES string of the molecule is Cc1ccc(NC2CCC(n3nc(C4CC4)ccc3=O)CC2)nn1. The second-order valence-corrected chi connectivity index (χ2v) is 7.03. The van der Waals surface area contributed by atoms with E-state index in [2.05, 4.69) is 20.6 Å². The molecule has 6 nitrogen and oxygen atoms in total. The lowest BCUT2D eigenvalue weighted by atomic mass is 9.91. The number of aryl methyl sites for hydroxylation is 1. The number of nitrogens with zero attached hydrogens (tertiary/aromatic N) is 4. The van der Waals surface area contributed by atoms with Crippen molar-refractivity contribution in [2.24, 2.45) is 0 Å². The van der Waals surface area contributed by atoms with Gasteiger partial charge in [-0.2, -0.15) is 10.2 Å². The van der Waals surface area contributed by atoms with Gasteiger partial charge in [0.05, 0.1) is 17.4 Å².